The summed E-state index contributed by atoms with van der Waals surface area (Å²) < 4.78 is 0. The van der Waals surface area contributed by atoms with Crippen molar-refractivity contribution in [3.63, 3.8) is 0 Å². The summed E-state index contributed by atoms with van der Waals surface area (Å²) in [5.41, 5.74) is 1.65. The lowest BCUT2D eigenvalue weighted by Gasteiger charge is -2.30. The van der Waals surface area contributed by atoms with Crippen molar-refractivity contribution in [3.8, 4) is 6.07 Å². The van der Waals surface area contributed by atoms with E-state index >= 15 is 0 Å². The maximum atomic E-state index is 12.3. The number of carbonyl (C=O) groups excluding carboxylic acids is 1. The molecule has 3 N–H and O–H groups in total. The lowest BCUT2D eigenvalue weighted by molar-refractivity contribution is -0.126. The molecule has 1 aromatic rings. The number of nitriles is 1. The van der Waals surface area contributed by atoms with Gasteiger partial charge in [-0.3, -0.25) is 4.79 Å². The summed E-state index contributed by atoms with van der Waals surface area (Å²) in [4.78, 5) is 17.0. The lowest BCUT2D eigenvalue weighted by Crippen LogP contribution is -2.47. The van der Waals surface area contributed by atoms with E-state index < -0.39 is 0 Å². The molecule has 0 saturated heterocycles. The topological polar surface area (TPSA) is 89.3 Å². The van der Waals surface area contributed by atoms with E-state index in [2.05, 4.69) is 27.0 Å². The van der Waals surface area contributed by atoms with Crippen molar-refractivity contribution in [2.75, 3.05) is 6.54 Å². The van der Waals surface area contributed by atoms with Gasteiger partial charge in [-0.25, -0.2) is 4.99 Å². The zero-order chi connectivity index (χ0) is 19.6. The van der Waals surface area contributed by atoms with Gasteiger partial charge < -0.3 is 16.0 Å². The lowest BCUT2D eigenvalue weighted by atomic mass is 9.85. The zero-order valence-electron chi connectivity index (χ0n) is 16.6. The Morgan fingerprint density at radius 2 is 2.19 bits per heavy atom. The van der Waals surface area contributed by atoms with Crippen LogP contribution >= 0.6 is 0 Å². The quantitative estimate of drug-likeness (QED) is 0.531. The van der Waals surface area contributed by atoms with Crippen LogP contribution in [0.5, 0.6) is 0 Å². The molecule has 1 aliphatic rings. The molecule has 146 valence electrons. The SMILES string of the molecule is CCNC(=NCc1cccc(C#N)c1)NC1CCCC(C(=O)NC(C)C)C1. The Balaban J connectivity index is 1.97. The second-order valence-electron chi connectivity index (χ2n) is 7.38. The summed E-state index contributed by atoms with van der Waals surface area (Å²) in [5.74, 6) is 0.982. The van der Waals surface area contributed by atoms with Crippen molar-refractivity contribution in [1.29, 1.82) is 5.26 Å². The van der Waals surface area contributed by atoms with E-state index in [1.165, 1.54) is 0 Å². The summed E-state index contributed by atoms with van der Waals surface area (Å²) in [6, 6.07) is 10.1. The molecule has 6 heteroatoms. The monoisotopic (exact) mass is 369 g/mol. The van der Waals surface area contributed by atoms with E-state index in [1.54, 1.807) is 6.07 Å². The summed E-state index contributed by atoms with van der Waals surface area (Å²) in [6.45, 7) is 7.30. The van der Waals surface area contributed by atoms with E-state index in [9.17, 15) is 4.79 Å². The van der Waals surface area contributed by atoms with Crippen molar-refractivity contribution in [1.82, 2.24) is 16.0 Å². The molecule has 6 nitrogen and oxygen atoms in total. The molecule has 0 heterocycles. The Bertz CT molecular complexity index is 692. The number of aliphatic imine (C=N–C) groups is 1. The number of nitrogens with one attached hydrogen (secondary N) is 3. The van der Waals surface area contributed by atoms with Crippen LogP contribution in [0.3, 0.4) is 0 Å². The first kappa shape index (κ1) is 20.8. The first-order chi connectivity index (χ1) is 13.0. The van der Waals surface area contributed by atoms with Crippen LogP contribution < -0.4 is 16.0 Å². The second-order valence-corrected chi connectivity index (χ2v) is 7.38. The summed E-state index contributed by atoms with van der Waals surface area (Å²) >= 11 is 0. The maximum Gasteiger partial charge on any atom is 0.223 e. The van der Waals surface area contributed by atoms with Crippen molar-refractivity contribution < 1.29 is 4.79 Å². The Morgan fingerprint density at radius 1 is 1.37 bits per heavy atom. The molecule has 1 aliphatic carbocycles. The van der Waals surface area contributed by atoms with Crippen LogP contribution in [0, 0.1) is 17.2 Å². The standard InChI is InChI=1S/C21H31N5O/c1-4-23-21(24-14-17-8-5-7-16(11-17)13-22)26-19-10-6-9-18(12-19)20(27)25-15(2)3/h5,7-8,11,15,18-19H,4,6,9-10,12,14H2,1-3H3,(H,25,27)(H2,23,24,26). The molecule has 0 spiro atoms. The van der Waals surface area contributed by atoms with Gasteiger partial charge in [0.05, 0.1) is 18.2 Å². The number of carbonyl (C=O) groups is 1. The fourth-order valence-electron chi connectivity index (χ4n) is 3.38. The van der Waals surface area contributed by atoms with Gasteiger partial charge in [-0.1, -0.05) is 18.6 Å². The van der Waals surface area contributed by atoms with E-state index in [1.807, 2.05) is 39.0 Å². The number of guanidine groups is 1. The molecule has 0 aliphatic heterocycles. The number of hydrogen-bond acceptors (Lipinski definition) is 3. The van der Waals surface area contributed by atoms with Gasteiger partial charge in [-0.05, 0) is 57.7 Å². The van der Waals surface area contributed by atoms with Crippen LogP contribution in [0.15, 0.2) is 29.3 Å². The van der Waals surface area contributed by atoms with E-state index in [4.69, 9.17) is 5.26 Å². The van der Waals surface area contributed by atoms with E-state index in [-0.39, 0.29) is 23.9 Å². The second kappa shape index (κ2) is 10.6. The number of amides is 1. The molecule has 1 saturated carbocycles. The van der Waals surface area contributed by atoms with Gasteiger partial charge >= 0.3 is 0 Å². The smallest absolute Gasteiger partial charge is 0.223 e. The molecular formula is C21H31N5O. The normalized spacial score (nSPS) is 20.0. The predicted octanol–water partition coefficient (Wildman–Crippen LogP) is 2.70. The van der Waals surface area contributed by atoms with Crippen LogP contribution in [0.4, 0.5) is 0 Å². The van der Waals surface area contributed by atoms with Gasteiger partial charge in [0.2, 0.25) is 5.91 Å². The maximum absolute atomic E-state index is 12.3. The Labute approximate surface area is 162 Å². The van der Waals surface area contributed by atoms with Gasteiger partial charge in [-0.15, -0.1) is 0 Å². The molecule has 1 fully saturated rings. The Kier molecular flexibility index (Phi) is 8.12. The van der Waals surface area contributed by atoms with Gasteiger partial charge in [0.1, 0.15) is 0 Å². The van der Waals surface area contributed by atoms with Crippen LogP contribution in [0.2, 0.25) is 0 Å². The van der Waals surface area contributed by atoms with E-state index in [0.29, 0.717) is 12.1 Å². The molecule has 2 unspecified atom stereocenters. The van der Waals surface area contributed by atoms with Crippen LogP contribution in [0.1, 0.15) is 57.6 Å². The van der Waals surface area contributed by atoms with Gasteiger partial charge in [0, 0.05) is 24.5 Å². The van der Waals surface area contributed by atoms with Gasteiger partial charge in [0.15, 0.2) is 5.96 Å². The minimum Gasteiger partial charge on any atom is -0.357 e. The molecule has 1 amide bonds. The number of nitrogens with zero attached hydrogens (tertiary/aromatic N) is 2. The van der Waals surface area contributed by atoms with Crippen LogP contribution in [-0.4, -0.2) is 30.5 Å². The molecule has 2 rings (SSSR count). The van der Waals surface area contributed by atoms with Crippen LogP contribution in [-0.2, 0) is 11.3 Å². The predicted molar refractivity (Wildman–Crippen MR) is 108 cm³/mol. The first-order valence-corrected chi connectivity index (χ1v) is 9.86. The molecule has 0 aromatic heterocycles. The fourth-order valence-corrected chi connectivity index (χ4v) is 3.38. The third-order valence-electron chi connectivity index (χ3n) is 4.64. The van der Waals surface area contributed by atoms with Gasteiger partial charge in [0.25, 0.3) is 0 Å². The number of hydrogen-bond donors (Lipinski definition) is 3. The Morgan fingerprint density at radius 3 is 2.89 bits per heavy atom. The van der Waals surface area contributed by atoms with Crippen molar-refractivity contribution >= 4 is 11.9 Å². The molecule has 1 aromatic carbocycles. The highest BCUT2D eigenvalue weighted by Crippen LogP contribution is 2.24. The molecule has 2 atom stereocenters. The zero-order valence-corrected chi connectivity index (χ0v) is 16.6. The van der Waals surface area contributed by atoms with Gasteiger partial charge in [-0.2, -0.15) is 5.26 Å². The minimum absolute atomic E-state index is 0.0637. The van der Waals surface area contributed by atoms with Crippen molar-refractivity contribution in [2.24, 2.45) is 10.9 Å². The molecule has 0 bridgehead atoms. The third-order valence-corrected chi connectivity index (χ3v) is 4.64. The molecule has 0 radical (unpaired) electrons. The molecular weight excluding hydrogens is 338 g/mol. The average Bonchev–Trinajstić information content (AvgIpc) is 2.66. The van der Waals surface area contributed by atoms with Crippen molar-refractivity contribution in [2.45, 2.75) is 65.1 Å². The highest BCUT2D eigenvalue weighted by Gasteiger charge is 2.27. The van der Waals surface area contributed by atoms with E-state index in [0.717, 1.165) is 43.8 Å². The third kappa shape index (κ3) is 6.93. The molecule has 27 heavy (non-hydrogen) atoms. The average molecular weight is 370 g/mol. The number of rotatable bonds is 6. The summed E-state index contributed by atoms with van der Waals surface area (Å²) in [7, 11) is 0. The van der Waals surface area contributed by atoms with Crippen LogP contribution in [0.25, 0.3) is 0 Å². The van der Waals surface area contributed by atoms with Crippen molar-refractivity contribution in [3.05, 3.63) is 35.4 Å². The Hall–Kier alpha value is -2.55. The largest absolute Gasteiger partial charge is 0.357 e. The highest BCUT2D eigenvalue weighted by atomic mass is 16.1. The summed E-state index contributed by atoms with van der Waals surface area (Å²) in [6.07, 6.45) is 3.86. The minimum atomic E-state index is 0.0637. The fraction of sp³-hybridized carbons (Fsp3) is 0.571. The first-order valence-electron chi connectivity index (χ1n) is 9.86. The number of benzene rings is 1. The summed E-state index contributed by atoms with van der Waals surface area (Å²) in [5, 5.41) is 18.8. The highest BCUT2D eigenvalue weighted by molar-refractivity contribution is 5.81.